The van der Waals surface area contributed by atoms with Crippen LogP contribution in [-0.4, -0.2) is 9.91 Å². The zero-order valence-electron chi connectivity index (χ0n) is 8.81. The van der Waals surface area contributed by atoms with Crippen LogP contribution in [0.2, 0.25) is 0 Å². The van der Waals surface area contributed by atoms with E-state index in [9.17, 15) is 10.1 Å². The molecule has 1 N–H and O–H groups in total. The second-order valence-electron chi connectivity index (χ2n) is 3.34. The summed E-state index contributed by atoms with van der Waals surface area (Å²) in [4.78, 5) is 14.7. The molecule has 0 aliphatic heterocycles. The summed E-state index contributed by atoms with van der Waals surface area (Å²) in [5, 5.41) is 16.4. The van der Waals surface area contributed by atoms with Crippen molar-refractivity contribution in [2.45, 2.75) is 6.92 Å². The summed E-state index contributed by atoms with van der Waals surface area (Å²) >= 11 is 4.62. The van der Waals surface area contributed by atoms with E-state index >= 15 is 0 Å². The molecular formula is C10H8BrN3O2S. The number of nitro benzene ring substituents is 1. The molecule has 5 nitrogen and oxygen atoms in total. The minimum Gasteiger partial charge on any atom is -0.326 e. The average molecular weight is 314 g/mol. The fraction of sp³-hybridized carbons (Fsp3) is 0.100. The van der Waals surface area contributed by atoms with Crippen LogP contribution in [0, 0.1) is 17.0 Å². The van der Waals surface area contributed by atoms with Gasteiger partial charge in [-0.25, -0.2) is 4.98 Å². The van der Waals surface area contributed by atoms with Gasteiger partial charge in [-0.1, -0.05) is 15.9 Å². The fourth-order valence-electron chi connectivity index (χ4n) is 1.29. The average Bonchev–Trinajstić information content (AvgIpc) is 2.66. The standard InChI is InChI=1S/C10H8BrN3O2S/c1-6-5-17-10(12-6)13-8-3-2-7(11)4-9(8)14(15)16/h2-5H,1H3,(H,12,13). The topological polar surface area (TPSA) is 68.1 Å². The minimum atomic E-state index is -0.423. The van der Waals surface area contributed by atoms with E-state index in [0.29, 0.717) is 15.3 Å². The first kappa shape index (κ1) is 12.0. The normalized spacial score (nSPS) is 10.2. The molecule has 2 rings (SSSR count). The van der Waals surface area contributed by atoms with Crippen molar-refractivity contribution in [1.29, 1.82) is 0 Å². The number of thiazole rings is 1. The highest BCUT2D eigenvalue weighted by molar-refractivity contribution is 9.10. The van der Waals surface area contributed by atoms with Gasteiger partial charge in [0.1, 0.15) is 5.69 Å². The van der Waals surface area contributed by atoms with E-state index in [4.69, 9.17) is 0 Å². The Morgan fingerprint density at radius 3 is 2.88 bits per heavy atom. The van der Waals surface area contributed by atoms with Crippen LogP contribution in [0.25, 0.3) is 0 Å². The van der Waals surface area contributed by atoms with Gasteiger partial charge in [0.25, 0.3) is 5.69 Å². The third kappa shape index (κ3) is 2.80. The summed E-state index contributed by atoms with van der Waals surface area (Å²) in [5.74, 6) is 0. The van der Waals surface area contributed by atoms with Crippen molar-refractivity contribution >= 4 is 43.8 Å². The summed E-state index contributed by atoms with van der Waals surface area (Å²) in [6.07, 6.45) is 0. The van der Waals surface area contributed by atoms with Crippen LogP contribution in [0.5, 0.6) is 0 Å². The van der Waals surface area contributed by atoms with Crippen molar-refractivity contribution in [3.05, 3.63) is 43.9 Å². The van der Waals surface area contributed by atoms with Crippen LogP contribution < -0.4 is 5.32 Å². The number of benzene rings is 1. The zero-order valence-corrected chi connectivity index (χ0v) is 11.2. The number of nitro groups is 1. The van der Waals surface area contributed by atoms with Gasteiger partial charge in [-0.3, -0.25) is 10.1 Å². The largest absolute Gasteiger partial charge is 0.326 e. The van der Waals surface area contributed by atoms with Gasteiger partial charge in [-0.05, 0) is 19.1 Å². The Hall–Kier alpha value is -1.47. The van der Waals surface area contributed by atoms with Crippen LogP contribution in [0.3, 0.4) is 0 Å². The molecule has 0 unspecified atom stereocenters. The molecule has 0 spiro atoms. The number of nitrogens with zero attached hydrogens (tertiary/aromatic N) is 2. The summed E-state index contributed by atoms with van der Waals surface area (Å²) in [7, 11) is 0. The minimum absolute atomic E-state index is 0.0206. The summed E-state index contributed by atoms with van der Waals surface area (Å²) in [6.45, 7) is 1.87. The first-order chi connectivity index (χ1) is 8.06. The van der Waals surface area contributed by atoms with Crippen LogP contribution in [-0.2, 0) is 0 Å². The Labute approximate surface area is 110 Å². The van der Waals surface area contributed by atoms with Crippen molar-refractivity contribution in [3.8, 4) is 0 Å². The van der Waals surface area contributed by atoms with Crippen molar-refractivity contribution < 1.29 is 4.92 Å². The highest BCUT2D eigenvalue weighted by atomic mass is 79.9. The Morgan fingerprint density at radius 2 is 2.29 bits per heavy atom. The van der Waals surface area contributed by atoms with Gasteiger partial charge < -0.3 is 5.32 Å². The number of halogens is 1. The second-order valence-corrected chi connectivity index (χ2v) is 5.11. The van der Waals surface area contributed by atoms with Crippen LogP contribution >= 0.6 is 27.3 Å². The molecule has 1 aromatic carbocycles. The van der Waals surface area contributed by atoms with E-state index in [1.54, 1.807) is 12.1 Å². The van der Waals surface area contributed by atoms with E-state index in [2.05, 4.69) is 26.2 Å². The van der Waals surface area contributed by atoms with E-state index in [-0.39, 0.29) is 5.69 Å². The molecule has 0 amide bonds. The molecule has 1 heterocycles. The number of hydrogen-bond donors (Lipinski definition) is 1. The first-order valence-electron chi connectivity index (χ1n) is 4.69. The molecule has 1 aromatic heterocycles. The SMILES string of the molecule is Cc1csc(Nc2ccc(Br)cc2[N+](=O)[O-])n1. The summed E-state index contributed by atoms with van der Waals surface area (Å²) in [5.41, 5.74) is 1.34. The summed E-state index contributed by atoms with van der Waals surface area (Å²) in [6, 6.07) is 4.86. The van der Waals surface area contributed by atoms with Crippen LogP contribution in [0.4, 0.5) is 16.5 Å². The number of aromatic nitrogens is 1. The smallest absolute Gasteiger partial charge is 0.293 e. The number of hydrogen-bond acceptors (Lipinski definition) is 5. The molecule has 2 aromatic rings. The van der Waals surface area contributed by atoms with Crippen molar-refractivity contribution in [1.82, 2.24) is 4.98 Å². The molecule has 0 saturated heterocycles. The lowest BCUT2D eigenvalue weighted by atomic mass is 10.3. The molecule has 0 fully saturated rings. The molecule has 0 bridgehead atoms. The number of rotatable bonds is 3. The fourth-order valence-corrected chi connectivity index (χ4v) is 2.34. The predicted molar refractivity (Wildman–Crippen MR) is 70.9 cm³/mol. The van der Waals surface area contributed by atoms with Crippen LogP contribution in [0.1, 0.15) is 5.69 Å². The second kappa shape index (κ2) is 4.80. The number of anilines is 2. The molecule has 0 atom stereocenters. The van der Waals surface area contributed by atoms with Gasteiger partial charge in [0.15, 0.2) is 5.13 Å². The van der Waals surface area contributed by atoms with Crippen molar-refractivity contribution in [2.24, 2.45) is 0 Å². The molecule has 88 valence electrons. The summed E-state index contributed by atoms with van der Waals surface area (Å²) < 4.78 is 0.671. The van der Waals surface area contributed by atoms with Gasteiger partial charge in [-0.2, -0.15) is 0 Å². The Bertz CT molecular complexity index is 570. The lowest BCUT2D eigenvalue weighted by Gasteiger charge is -2.03. The van der Waals surface area contributed by atoms with E-state index < -0.39 is 4.92 Å². The Kier molecular flexibility index (Phi) is 3.39. The lowest BCUT2D eigenvalue weighted by molar-refractivity contribution is -0.384. The molecule has 7 heteroatoms. The number of aryl methyl sites for hydroxylation is 1. The molecule has 0 aliphatic carbocycles. The lowest BCUT2D eigenvalue weighted by Crippen LogP contribution is -1.96. The van der Waals surface area contributed by atoms with Gasteiger partial charge in [0.2, 0.25) is 0 Å². The maximum Gasteiger partial charge on any atom is 0.293 e. The van der Waals surface area contributed by atoms with Gasteiger partial charge >= 0.3 is 0 Å². The molecule has 0 radical (unpaired) electrons. The first-order valence-corrected chi connectivity index (χ1v) is 6.36. The van der Waals surface area contributed by atoms with E-state index in [1.165, 1.54) is 17.4 Å². The molecule has 17 heavy (non-hydrogen) atoms. The van der Waals surface area contributed by atoms with Gasteiger partial charge in [0, 0.05) is 15.9 Å². The molecule has 0 aliphatic rings. The third-order valence-electron chi connectivity index (χ3n) is 2.02. The maximum absolute atomic E-state index is 10.9. The van der Waals surface area contributed by atoms with Crippen molar-refractivity contribution in [3.63, 3.8) is 0 Å². The monoisotopic (exact) mass is 313 g/mol. The van der Waals surface area contributed by atoms with Gasteiger partial charge in [0.05, 0.1) is 10.6 Å². The zero-order chi connectivity index (χ0) is 12.4. The number of nitrogens with one attached hydrogen (secondary N) is 1. The van der Waals surface area contributed by atoms with Crippen LogP contribution in [0.15, 0.2) is 28.1 Å². The highest BCUT2D eigenvalue weighted by Crippen LogP contribution is 2.31. The van der Waals surface area contributed by atoms with Crippen molar-refractivity contribution in [2.75, 3.05) is 5.32 Å². The third-order valence-corrected chi connectivity index (χ3v) is 3.39. The molecule has 0 saturated carbocycles. The Morgan fingerprint density at radius 1 is 1.53 bits per heavy atom. The molecular weight excluding hydrogens is 306 g/mol. The van der Waals surface area contributed by atoms with E-state index in [1.807, 2.05) is 12.3 Å². The maximum atomic E-state index is 10.9. The van der Waals surface area contributed by atoms with Gasteiger partial charge in [-0.15, -0.1) is 11.3 Å². The predicted octanol–water partition coefficient (Wildman–Crippen LogP) is 3.87. The highest BCUT2D eigenvalue weighted by Gasteiger charge is 2.15. The quantitative estimate of drug-likeness (QED) is 0.690. The van der Waals surface area contributed by atoms with E-state index in [0.717, 1.165) is 5.69 Å². The Balaban J connectivity index is 2.35.